The standard InChI is InChI=1S/C21H19ClN2O3S/c1-15-19(22)11-6-12-20(15)24-21(25)17-9-5-10-18(13-17)28(26,27)23-14-16-7-3-2-4-8-16/h2-13,23H,14H2,1H3,(H,24,25). The Morgan fingerprint density at radius 2 is 1.68 bits per heavy atom. The van der Waals surface area contributed by atoms with Crippen LogP contribution < -0.4 is 10.0 Å². The Labute approximate surface area is 169 Å². The zero-order chi connectivity index (χ0) is 20.1. The molecule has 0 unspecified atom stereocenters. The second kappa shape index (κ2) is 8.56. The first-order valence-corrected chi connectivity index (χ1v) is 10.4. The van der Waals surface area contributed by atoms with Crippen LogP contribution in [0.15, 0.2) is 77.7 Å². The normalized spacial score (nSPS) is 11.2. The van der Waals surface area contributed by atoms with Crippen LogP contribution in [0.25, 0.3) is 0 Å². The highest BCUT2D eigenvalue weighted by atomic mass is 35.5. The molecule has 3 rings (SSSR count). The van der Waals surface area contributed by atoms with Gasteiger partial charge in [0.25, 0.3) is 5.91 Å². The van der Waals surface area contributed by atoms with Crippen LogP contribution in [0.5, 0.6) is 0 Å². The molecule has 0 aromatic heterocycles. The number of carbonyl (C=O) groups is 1. The van der Waals surface area contributed by atoms with Crippen molar-refractivity contribution in [1.29, 1.82) is 0 Å². The van der Waals surface area contributed by atoms with Gasteiger partial charge in [0, 0.05) is 22.8 Å². The SMILES string of the molecule is Cc1c(Cl)cccc1NC(=O)c1cccc(S(=O)(=O)NCc2ccccc2)c1. The smallest absolute Gasteiger partial charge is 0.255 e. The molecular formula is C21H19ClN2O3S. The highest BCUT2D eigenvalue weighted by Gasteiger charge is 2.17. The molecule has 0 spiro atoms. The lowest BCUT2D eigenvalue weighted by Gasteiger charge is -2.11. The summed E-state index contributed by atoms with van der Waals surface area (Å²) in [5.74, 6) is -0.412. The number of rotatable bonds is 6. The maximum atomic E-state index is 12.6. The van der Waals surface area contributed by atoms with Gasteiger partial charge in [0.1, 0.15) is 0 Å². The predicted octanol–water partition coefficient (Wildman–Crippen LogP) is 4.38. The van der Waals surface area contributed by atoms with Crippen LogP contribution in [0.3, 0.4) is 0 Å². The van der Waals surface area contributed by atoms with Gasteiger partial charge in [-0.1, -0.05) is 54.1 Å². The van der Waals surface area contributed by atoms with Gasteiger partial charge in [0.2, 0.25) is 10.0 Å². The lowest BCUT2D eigenvalue weighted by atomic mass is 10.1. The molecule has 0 radical (unpaired) electrons. The van der Waals surface area contributed by atoms with E-state index in [0.717, 1.165) is 11.1 Å². The minimum atomic E-state index is -3.75. The van der Waals surface area contributed by atoms with Gasteiger partial charge >= 0.3 is 0 Å². The average molecular weight is 415 g/mol. The Balaban J connectivity index is 1.77. The first-order chi connectivity index (χ1) is 13.4. The van der Waals surface area contributed by atoms with Gasteiger partial charge in [-0.15, -0.1) is 0 Å². The first kappa shape index (κ1) is 20.1. The van der Waals surface area contributed by atoms with Crippen molar-refractivity contribution in [3.8, 4) is 0 Å². The van der Waals surface area contributed by atoms with Crippen molar-refractivity contribution < 1.29 is 13.2 Å². The van der Waals surface area contributed by atoms with E-state index in [4.69, 9.17) is 11.6 Å². The molecule has 0 fully saturated rings. The maximum absolute atomic E-state index is 12.6. The Morgan fingerprint density at radius 1 is 0.964 bits per heavy atom. The van der Waals surface area contributed by atoms with Crippen molar-refractivity contribution >= 4 is 33.2 Å². The van der Waals surface area contributed by atoms with E-state index in [0.29, 0.717) is 10.7 Å². The lowest BCUT2D eigenvalue weighted by Crippen LogP contribution is -2.23. The van der Waals surface area contributed by atoms with E-state index in [1.165, 1.54) is 18.2 Å². The van der Waals surface area contributed by atoms with Gasteiger partial charge in [-0.2, -0.15) is 0 Å². The van der Waals surface area contributed by atoms with Crippen molar-refractivity contribution in [1.82, 2.24) is 4.72 Å². The van der Waals surface area contributed by atoms with Gasteiger partial charge < -0.3 is 5.32 Å². The molecule has 0 atom stereocenters. The highest BCUT2D eigenvalue weighted by molar-refractivity contribution is 7.89. The largest absolute Gasteiger partial charge is 0.322 e. The third-order valence-corrected chi connectivity index (χ3v) is 6.04. The second-order valence-electron chi connectivity index (χ2n) is 6.20. The first-order valence-electron chi connectivity index (χ1n) is 8.57. The minimum Gasteiger partial charge on any atom is -0.322 e. The van der Waals surface area contributed by atoms with Crippen LogP contribution in [0.1, 0.15) is 21.5 Å². The van der Waals surface area contributed by atoms with E-state index in [-0.39, 0.29) is 17.0 Å². The summed E-state index contributed by atoms with van der Waals surface area (Å²) in [4.78, 5) is 12.6. The van der Waals surface area contributed by atoms with Gasteiger partial charge in [-0.05, 0) is 48.4 Å². The Hall–Kier alpha value is -2.67. The number of sulfonamides is 1. The van der Waals surface area contributed by atoms with Crippen molar-refractivity contribution in [2.45, 2.75) is 18.4 Å². The molecule has 2 N–H and O–H groups in total. The van der Waals surface area contributed by atoms with Crippen molar-refractivity contribution in [2.75, 3.05) is 5.32 Å². The fourth-order valence-corrected chi connectivity index (χ4v) is 3.84. The molecule has 0 aliphatic rings. The third kappa shape index (κ3) is 4.78. The number of carbonyl (C=O) groups excluding carboxylic acids is 1. The maximum Gasteiger partial charge on any atom is 0.255 e. The van der Waals surface area contributed by atoms with Crippen LogP contribution in [0.4, 0.5) is 5.69 Å². The van der Waals surface area contributed by atoms with Gasteiger partial charge in [-0.3, -0.25) is 4.79 Å². The summed E-state index contributed by atoms with van der Waals surface area (Å²) in [6, 6.07) is 20.3. The molecule has 5 nitrogen and oxygen atoms in total. The molecule has 28 heavy (non-hydrogen) atoms. The molecule has 3 aromatic carbocycles. The minimum absolute atomic E-state index is 0.0268. The van der Waals surface area contributed by atoms with E-state index in [1.54, 1.807) is 31.2 Å². The van der Waals surface area contributed by atoms with Crippen LogP contribution in [0.2, 0.25) is 5.02 Å². The average Bonchev–Trinajstić information content (AvgIpc) is 2.71. The van der Waals surface area contributed by atoms with E-state index < -0.39 is 15.9 Å². The number of amides is 1. The second-order valence-corrected chi connectivity index (χ2v) is 8.38. The van der Waals surface area contributed by atoms with Gasteiger partial charge in [-0.25, -0.2) is 13.1 Å². The molecule has 0 saturated carbocycles. The van der Waals surface area contributed by atoms with Crippen LogP contribution in [0, 0.1) is 6.92 Å². The molecule has 0 bridgehead atoms. The number of hydrogen-bond donors (Lipinski definition) is 2. The number of anilines is 1. The topological polar surface area (TPSA) is 75.3 Å². The zero-order valence-electron chi connectivity index (χ0n) is 15.1. The Kier molecular flexibility index (Phi) is 6.14. The Morgan fingerprint density at radius 3 is 2.43 bits per heavy atom. The number of halogens is 1. The lowest BCUT2D eigenvalue weighted by molar-refractivity contribution is 0.102. The molecule has 1 amide bonds. The summed E-state index contributed by atoms with van der Waals surface area (Å²) in [6.45, 7) is 1.97. The van der Waals surface area contributed by atoms with E-state index >= 15 is 0 Å². The Bertz CT molecular complexity index is 1100. The van der Waals surface area contributed by atoms with Crippen LogP contribution in [-0.2, 0) is 16.6 Å². The molecule has 7 heteroatoms. The summed E-state index contributed by atoms with van der Waals surface area (Å²) in [7, 11) is -3.75. The molecular weight excluding hydrogens is 396 g/mol. The summed E-state index contributed by atoms with van der Waals surface area (Å²) in [6.07, 6.45) is 0. The van der Waals surface area contributed by atoms with E-state index in [1.807, 2.05) is 30.3 Å². The van der Waals surface area contributed by atoms with Gasteiger partial charge in [0.05, 0.1) is 4.90 Å². The number of hydrogen-bond acceptors (Lipinski definition) is 3. The molecule has 0 heterocycles. The molecule has 3 aromatic rings. The quantitative estimate of drug-likeness (QED) is 0.628. The van der Waals surface area contributed by atoms with Crippen molar-refractivity contribution in [3.05, 3.63) is 94.5 Å². The summed E-state index contributed by atoms with van der Waals surface area (Å²) in [5.41, 5.74) is 2.40. The number of nitrogens with one attached hydrogen (secondary N) is 2. The van der Waals surface area contributed by atoms with Crippen LogP contribution >= 0.6 is 11.6 Å². The predicted molar refractivity (Wildman–Crippen MR) is 111 cm³/mol. The molecule has 0 aliphatic carbocycles. The number of benzene rings is 3. The monoisotopic (exact) mass is 414 g/mol. The fraction of sp³-hybridized carbons (Fsp3) is 0.0952. The van der Waals surface area contributed by atoms with E-state index in [2.05, 4.69) is 10.0 Å². The highest BCUT2D eigenvalue weighted by Crippen LogP contribution is 2.23. The van der Waals surface area contributed by atoms with Crippen molar-refractivity contribution in [2.24, 2.45) is 0 Å². The zero-order valence-corrected chi connectivity index (χ0v) is 16.7. The van der Waals surface area contributed by atoms with Gasteiger partial charge in [0.15, 0.2) is 0 Å². The van der Waals surface area contributed by atoms with Crippen LogP contribution in [-0.4, -0.2) is 14.3 Å². The summed E-state index contributed by atoms with van der Waals surface area (Å²) < 4.78 is 27.7. The summed E-state index contributed by atoms with van der Waals surface area (Å²) in [5, 5.41) is 3.31. The molecule has 0 saturated heterocycles. The molecule has 144 valence electrons. The molecule has 0 aliphatic heterocycles. The summed E-state index contributed by atoms with van der Waals surface area (Å²) >= 11 is 6.07. The third-order valence-electron chi connectivity index (χ3n) is 4.23. The fourth-order valence-electron chi connectivity index (χ4n) is 2.60. The van der Waals surface area contributed by atoms with Crippen molar-refractivity contribution in [3.63, 3.8) is 0 Å². The van der Waals surface area contributed by atoms with E-state index in [9.17, 15) is 13.2 Å².